The van der Waals surface area contributed by atoms with Gasteiger partial charge in [-0.25, -0.2) is 0 Å². The van der Waals surface area contributed by atoms with Gasteiger partial charge in [0.1, 0.15) is 6.10 Å². The van der Waals surface area contributed by atoms with Crippen LogP contribution in [0.15, 0.2) is 0 Å². The Labute approximate surface area is 125 Å². The lowest BCUT2D eigenvalue weighted by Gasteiger charge is -2.26. The highest BCUT2D eigenvalue weighted by atomic mass is 16.7. The molecule has 0 aliphatic carbocycles. The zero-order valence-electron chi connectivity index (χ0n) is 12.9. The van der Waals surface area contributed by atoms with Gasteiger partial charge in [-0.05, 0) is 12.8 Å². The summed E-state index contributed by atoms with van der Waals surface area (Å²) in [4.78, 5) is 22.9. The van der Waals surface area contributed by atoms with Crippen molar-refractivity contribution in [3.8, 4) is 0 Å². The molecule has 6 heteroatoms. The van der Waals surface area contributed by atoms with E-state index < -0.39 is 5.79 Å². The van der Waals surface area contributed by atoms with Crippen molar-refractivity contribution in [2.45, 2.75) is 63.9 Å². The van der Waals surface area contributed by atoms with Gasteiger partial charge < -0.3 is 18.9 Å². The molecule has 0 amide bonds. The van der Waals surface area contributed by atoms with Gasteiger partial charge in [0.05, 0.1) is 32.7 Å². The first kappa shape index (κ1) is 16.2. The number of hydrogen-bond donors (Lipinski definition) is 0. The van der Waals surface area contributed by atoms with E-state index in [2.05, 4.69) is 4.74 Å². The Hall–Kier alpha value is -1.14. The zero-order valence-corrected chi connectivity index (χ0v) is 12.9. The topological polar surface area (TPSA) is 71.1 Å². The van der Waals surface area contributed by atoms with E-state index in [0.717, 1.165) is 12.8 Å². The van der Waals surface area contributed by atoms with Crippen LogP contribution in [-0.2, 0) is 28.5 Å². The van der Waals surface area contributed by atoms with Crippen LogP contribution >= 0.6 is 0 Å². The average Bonchev–Trinajstić information content (AvgIpc) is 3.04. The highest BCUT2D eigenvalue weighted by molar-refractivity contribution is 5.75. The molecule has 2 rings (SSSR count). The van der Waals surface area contributed by atoms with Gasteiger partial charge in [-0.1, -0.05) is 13.8 Å². The van der Waals surface area contributed by atoms with Gasteiger partial charge in [0, 0.05) is 12.3 Å². The predicted octanol–water partition coefficient (Wildman–Crippen LogP) is 1.80. The summed E-state index contributed by atoms with van der Waals surface area (Å²) in [6.07, 6.45) is 2.21. The van der Waals surface area contributed by atoms with Crippen LogP contribution in [0.2, 0.25) is 0 Å². The van der Waals surface area contributed by atoms with Crippen molar-refractivity contribution in [1.29, 1.82) is 0 Å². The molecule has 0 N–H and O–H groups in total. The fourth-order valence-electron chi connectivity index (χ4n) is 3.01. The van der Waals surface area contributed by atoms with Crippen molar-refractivity contribution in [3.63, 3.8) is 0 Å². The summed E-state index contributed by atoms with van der Waals surface area (Å²) in [7, 11) is 1.35. The van der Waals surface area contributed by atoms with Crippen LogP contribution in [0.25, 0.3) is 0 Å². The van der Waals surface area contributed by atoms with E-state index in [-0.39, 0.29) is 42.9 Å². The molecule has 0 spiro atoms. The normalized spacial score (nSPS) is 31.2. The molecule has 0 aromatic rings. The smallest absolute Gasteiger partial charge is 0.306 e. The third-order valence-corrected chi connectivity index (χ3v) is 4.38. The minimum Gasteiger partial charge on any atom is -0.469 e. The Morgan fingerprint density at radius 1 is 1.38 bits per heavy atom. The van der Waals surface area contributed by atoms with Gasteiger partial charge in [-0.2, -0.15) is 0 Å². The number of hydrogen-bond acceptors (Lipinski definition) is 6. The predicted molar refractivity (Wildman–Crippen MR) is 73.4 cm³/mol. The van der Waals surface area contributed by atoms with Crippen molar-refractivity contribution < 1.29 is 28.5 Å². The lowest BCUT2D eigenvalue weighted by atomic mass is 9.93. The molecule has 21 heavy (non-hydrogen) atoms. The summed E-state index contributed by atoms with van der Waals surface area (Å²) < 4.78 is 21.8. The quantitative estimate of drug-likeness (QED) is 0.697. The molecular formula is C15H24O6. The summed E-state index contributed by atoms with van der Waals surface area (Å²) in [5, 5.41) is 0. The molecule has 0 saturated carbocycles. The van der Waals surface area contributed by atoms with Crippen LogP contribution in [0, 0.1) is 5.92 Å². The zero-order chi connectivity index (χ0) is 15.5. The Balaban J connectivity index is 1.92. The van der Waals surface area contributed by atoms with Crippen LogP contribution < -0.4 is 0 Å². The first-order valence-electron chi connectivity index (χ1n) is 7.60. The van der Waals surface area contributed by atoms with Crippen molar-refractivity contribution in [3.05, 3.63) is 0 Å². The van der Waals surface area contributed by atoms with Crippen LogP contribution in [-0.4, -0.2) is 43.7 Å². The second-order valence-electron chi connectivity index (χ2n) is 5.68. The molecule has 2 aliphatic rings. The fourth-order valence-corrected chi connectivity index (χ4v) is 3.01. The maximum Gasteiger partial charge on any atom is 0.306 e. The lowest BCUT2D eigenvalue weighted by molar-refractivity contribution is -0.175. The van der Waals surface area contributed by atoms with Crippen molar-refractivity contribution >= 4 is 11.9 Å². The van der Waals surface area contributed by atoms with Crippen molar-refractivity contribution in [2.24, 2.45) is 5.92 Å². The van der Waals surface area contributed by atoms with Gasteiger partial charge in [-0.15, -0.1) is 0 Å². The van der Waals surface area contributed by atoms with E-state index in [1.54, 1.807) is 0 Å². The number of cyclic esters (lactones) is 1. The minimum atomic E-state index is -0.509. The van der Waals surface area contributed by atoms with Gasteiger partial charge in [-0.3, -0.25) is 9.59 Å². The average molecular weight is 300 g/mol. The monoisotopic (exact) mass is 300 g/mol. The van der Waals surface area contributed by atoms with Crippen LogP contribution in [0.4, 0.5) is 0 Å². The lowest BCUT2D eigenvalue weighted by Crippen LogP contribution is -2.31. The second kappa shape index (κ2) is 6.75. The summed E-state index contributed by atoms with van der Waals surface area (Å²) in [6.45, 7) is 4.56. The van der Waals surface area contributed by atoms with Gasteiger partial charge in [0.15, 0.2) is 5.79 Å². The molecular weight excluding hydrogens is 276 g/mol. The van der Waals surface area contributed by atoms with E-state index in [9.17, 15) is 9.59 Å². The molecule has 0 aromatic heterocycles. The molecule has 0 radical (unpaired) electrons. The van der Waals surface area contributed by atoms with E-state index in [4.69, 9.17) is 14.2 Å². The van der Waals surface area contributed by atoms with Crippen molar-refractivity contribution in [2.75, 3.05) is 13.7 Å². The van der Waals surface area contributed by atoms with Gasteiger partial charge in [0.25, 0.3) is 0 Å². The Morgan fingerprint density at radius 3 is 2.67 bits per heavy atom. The molecule has 2 heterocycles. The summed E-state index contributed by atoms with van der Waals surface area (Å²) in [5.74, 6) is -1.22. The minimum absolute atomic E-state index is 0.0963. The number of esters is 2. The third kappa shape index (κ3) is 3.74. The van der Waals surface area contributed by atoms with E-state index >= 15 is 0 Å². The SMILES string of the molecule is CCC1(CC)OC[C@@H](C[C@@H]2OC(=O)C[C@@H]2CC(=O)OC)O1. The summed E-state index contributed by atoms with van der Waals surface area (Å²) >= 11 is 0. The van der Waals surface area contributed by atoms with Crippen LogP contribution in [0.1, 0.15) is 46.0 Å². The number of carbonyl (C=O) groups is 2. The summed E-state index contributed by atoms with van der Waals surface area (Å²) in [6, 6.07) is 0. The van der Waals surface area contributed by atoms with Crippen molar-refractivity contribution in [1.82, 2.24) is 0 Å². The standard InChI is InChI=1S/C15H24O6/c1-4-15(5-2)19-9-11(21-15)8-12-10(6-13(16)18-3)7-14(17)20-12/h10-12H,4-9H2,1-3H3/t10-,11+,12-/m0/s1. The molecule has 2 saturated heterocycles. The van der Waals surface area contributed by atoms with E-state index in [1.165, 1.54) is 7.11 Å². The molecule has 2 aliphatic heterocycles. The van der Waals surface area contributed by atoms with Crippen LogP contribution in [0.3, 0.4) is 0 Å². The first-order chi connectivity index (χ1) is 10.0. The molecule has 0 aromatic carbocycles. The number of rotatable bonds is 6. The number of carbonyl (C=O) groups excluding carboxylic acids is 2. The van der Waals surface area contributed by atoms with Crippen LogP contribution in [0.5, 0.6) is 0 Å². The highest BCUT2D eigenvalue weighted by Gasteiger charge is 2.43. The molecule has 2 fully saturated rings. The maximum absolute atomic E-state index is 11.5. The first-order valence-corrected chi connectivity index (χ1v) is 7.60. The Morgan fingerprint density at radius 2 is 2.10 bits per heavy atom. The fraction of sp³-hybridized carbons (Fsp3) is 0.867. The second-order valence-corrected chi connectivity index (χ2v) is 5.68. The number of ether oxygens (including phenoxy) is 4. The molecule has 6 nitrogen and oxygen atoms in total. The molecule has 0 bridgehead atoms. The molecule has 3 atom stereocenters. The largest absolute Gasteiger partial charge is 0.469 e. The number of methoxy groups -OCH3 is 1. The van der Waals surface area contributed by atoms with E-state index in [1.807, 2.05) is 13.8 Å². The van der Waals surface area contributed by atoms with Gasteiger partial charge in [0.2, 0.25) is 0 Å². The third-order valence-electron chi connectivity index (χ3n) is 4.38. The summed E-state index contributed by atoms with van der Waals surface area (Å²) in [5.41, 5.74) is 0. The Kier molecular flexibility index (Phi) is 5.22. The molecule has 120 valence electrons. The maximum atomic E-state index is 11.5. The van der Waals surface area contributed by atoms with E-state index in [0.29, 0.717) is 13.0 Å². The highest BCUT2D eigenvalue weighted by Crippen LogP contribution is 2.35. The Bertz CT molecular complexity index is 390. The molecule has 0 unspecified atom stereocenters. The van der Waals surface area contributed by atoms with Gasteiger partial charge >= 0.3 is 11.9 Å².